The number of hydrogen-bond acceptors (Lipinski definition) is 1. The summed E-state index contributed by atoms with van der Waals surface area (Å²) in [5.41, 5.74) is 4.01. The normalized spacial score (nSPS) is 10.6. The van der Waals surface area contributed by atoms with E-state index >= 15 is 0 Å². The van der Waals surface area contributed by atoms with Crippen LogP contribution in [0.4, 0.5) is 0 Å². The summed E-state index contributed by atoms with van der Waals surface area (Å²) >= 11 is 6.07. The summed E-state index contributed by atoms with van der Waals surface area (Å²) in [7, 11) is 0. The maximum Gasteiger partial charge on any atom is 0.137 e. The predicted octanol–water partition coefficient (Wildman–Crippen LogP) is 4.23. The van der Waals surface area contributed by atoms with Gasteiger partial charge in [-0.25, -0.2) is 4.98 Å². The summed E-state index contributed by atoms with van der Waals surface area (Å²) in [5.74, 6) is 0. The van der Waals surface area contributed by atoms with Crippen molar-refractivity contribution in [1.82, 2.24) is 4.98 Å². The van der Waals surface area contributed by atoms with Crippen molar-refractivity contribution in [2.75, 3.05) is 0 Å². The van der Waals surface area contributed by atoms with E-state index in [0.717, 1.165) is 22.0 Å². The molecule has 0 fully saturated rings. The Kier molecular flexibility index (Phi) is 2.49. The highest BCUT2D eigenvalue weighted by atomic mass is 35.5. The van der Waals surface area contributed by atoms with Crippen molar-refractivity contribution < 1.29 is 0 Å². The molecule has 0 aliphatic rings. The zero-order valence-electron chi connectivity index (χ0n) is 8.84. The summed E-state index contributed by atoms with van der Waals surface area (Å²) < 4.78 is 0. The van der Waals surface area contributed by atoms with Crippen LogP contribution in [0.15, 0.2) is 30.8 Å². The first-order valence-electron chi connectivity index (χ1n) is 4.81. The van der Waals surface area contributed by atoms with Crippen molar-refractivity contribution in [3.63, 3.8) is 0 Å². The van der Waals surface area contributed by atoms with Gasteiger partial charge in [0.25, 0.3) is 0 Å². The van der Waals surface area contributed by atoms with Crippen LogP contribution >= 0.6 is 11.6 Å². The lowest BCUT2D eigenvalue weighted by Gasteiger charge is -2.05. The van der Waals surface area contributed by atoms with Gasteiger partial charge in [0.2, 0.25) is 0 Å². The molecule has 2 heteroatoms. The molecule has 0 radical (unpaired) electrons. The van der Waals surface area contributed by atoms with Gasteiger partial charge >= 0.3 is 0 Å². The minimum atomic E-state index is 0.527. The van der Waals surface area contributed by atoms with Crippen molar-refractivity contribution in [1.29, 1.82) is 0 Å². The lowest BCUT2D eigenvalue weighted by molar-refractivity contribution is 1.37. The average Bonchev–Trinajstić information content (AvgIpc) is 2.17. The maximum atomic E-state index is 6.07. The molecule has 2 rings (SSSR count). The molecule has 0 spiro atoms. The van der Waals surface area contributed by atoms with Gasteiger partial charge in [-0.3, -0.25) is 0 Å². The van der Waals surface area contributed by atoms with Crippen LogP contribution in [-0.2, 0) is 0 Å². The first-order valence-corrected chi connectivity index (χ1v) is 5.18. The van der Waals surface area contributed by atoms with Crippen LogP contribution in [0, 0.1) is 6.92 Å². The summed E-state index contributed by atoms with van der Waals surface area (Å²) in [6.07, 6.45) is 0. The summed E-state index contributed by atoms with van der Waals surface area (Å²) in [5, 5.41) is 1.64. The molecule has 0 atom stereocenters. The molecule has 0 N–H and O–H groups in total. The number of aromatic nitrogens is 1. The van der Waals surface area contributed by atoms with Crippen LogP contribution in [-0.4, -0.2) is 4.98 Å². The summed E-state index contributed by atoms with van der Waals surface area (Å²) in [6, 6.07) is 8.16. The molecule has 0 saturated carbocycles. The number of halogens is 1. The van der Waals surface area contributed by atoms with E-state index < -0.39 is 0 Å². The van der Waals surface area contributed by atoms with Crippen molar-refractivity contribution in [3.05, 3.63) is 47.1 Å². The van der Waals surface area contributed by atoms with Gasteiger partial charge in [-0.1, -0.05) is 29.8 Å². The molecule has 76 valence electrons. The Bertz CT molecular complexity index is 543. The van der Waals surface area contributed by atoms with E-state index in [2.05, 4.69) is 24.6 Å². The maximum absolute atomic E-state index is 6.07. The molecule has 0 aliphatic carbocycles. The average molecular weight is 218 g/mol. The van der Waals surface area contributed by atoms with Gasteiger partial charge < -0.3 is 0 Å². The molecule has 0 amide bonds. The van der Waals surface area contributed by atoms with Crippen LogP contribution in [0.3, 0.4) is 0 Å². The van der Waals surface area contributed by atoms with Crippen LogP contribution in [0.1, 0.15) is 18.1 Å². The number of allylic oxidation sites excluding steroid dienone is 1. The zero-order chi connectivity index (χ0) is 11.0. The predicted molar refractivity (Wildman–Crippen MR) is 66.2 cm³/mol. The Hall–Kier alpha value is -1.34. The van der Waals surface area contributed by atoms with Crippen molar-refractivity contribution in [3.8, 4) is 0 Å². The SMILES string of the molecule is C=C(C)c1cc2cc(C)ccc2nc1Cl. The largest absolute Gasteiger partial charge is 0.235 e. The molecule has 2 aromatic rings. The monoisotopic (exact) mass is 217 g/mol. The van der Waals surface area contributed by atoms with Gasteiger partial charge in [-0.05, 0) is 37.6 Å². The minimum absolute atomic E-state index is 0.527. The second-order valence-electron chi connectivity index (χ2n) is 3.80. The van der Waals surface area contributed by atoms with Gasteiger partial charge in [-0.2, -0.15) is 0 Å². The Morgan fingerprint density at radius 3 is 2.73 bits per heavy atom. The van der Waals surface area contributed by atoms with E-state index in [1.54, 1.807) is 0 Å². The molecule has 1 heterocycles. The molecule has 1 nitrogen and oxygen atoms in total. The highest BCUT2D eigenvalue weighted by molar-refractivity contribution is 6.31. The molecule has 1 aromatic carbocycles. The Morgan fingerprint density at radius 2 is 2.07 bits per heavy atom. The molecular weight excluding hydrogens is 206 g/mol. The lowest BCUT2D eigenvalue weighted by Crippen LogP contribution is -1.87. The quantitative estimate of drug-likeness (QED) is 0.652. The zero-order valence-corrected chi connectivity index (χ0v) is 9.60. The number of rotatable bonds is 1. The van der Waals surface area contributed by atoms with E-state index in [-0.39, 0.29) is 0 Å². The Morgan fingerprint density at radius 1 is 1.33 bits per heavy atom. The summed E-state index contributed by atoms with van der Waals surface area (Å²) in [6.45, 7) is 7.89. The molecule has 0 saturated heterocycles. The Balaban J connectivity index is 2.77. The molecule has 1 aromatic heterocycles. The van der Waals surface area contributed by atoms with E-state index in [1.165, 1.54) is 5.56 Å². The highest BCUT2D eigenvalue weighted by Crippen LogP contribution is 2.25. The van der Waals surface area contributed by atoms with E-state index in [0.29, 0.717) is 5.15 Å². The van der Waals surface area contributed by atoms with E-state index in [4.69, 9.17) is 11.6 Å². The van der Waals surface area contributed by atoms with Gasteiger partial charge in [0, 0.05) is 10.9 Å². The molecular formula is C13H12ClN. The second kappa shape index (κ2) is 3.67. The third-order valence-electron chi connectivity index (χ3n) is 2.38. The number of fused-ring (bicyclic) bond motifs is 1. The third kappa shape index (κ3) is 1.88. The van der Waals surface area contributed by atoms with Gasteiger partial charge in [0.05, 0.1) is 5.52 Å². The number of aryl methyl sites for hydroxylation is 1. The highest BCUT2D eigenvalue weighted by Gasteiger charge is 2.05. The van der Waals surface area contributed by atoms with Crippen LogP contribution < -0.4 is 0 Å². The second-order valence-corrected chi connectivity index (χ2v) is 4.16. The molecule has 0 bridgehead atoms. The van der Waals surface area contributed by atoms with Gasteiger partial charge in [0.15, 0.2) is 0 Å². The first kappa shape index (κ1) is 10.2. The molecule has 15 heavy (non-hydrogen) atoms. The smallest absolute Gasteiger partial charge is 0.137 e. The standard InChI is InChI=1S/C13H12ClN/c1-8(2)11-7-10-6-9(3)4-5-12(10)15-13(11)14/h4-7H,1H2,2-3H3. The fraction of sp³-hybridized carbons (Fsp3) is 0.154. The molecule has 0 unspecified atom stereocenters. The van der Waals surface area contributed by atoms with Crippen LogP contribution in [0.5, 0.6) is 0 Å². The van der Waals surface area contributed by atoms with Crippen LogP contribution in [0.2, 0.25) is 5.15 Å². The number of pyridine rings is 1. The molecule has 0 aliphatic heterocycles. The van der Waals surface area contributed by atoms with Gasteiger partial charge in [0.1, 0.15) is 5.15 Å². The van der Waals surface area contributed by atoms with E-state index in [9.17, 15) is 0 Å². The number of nitrogens with zero attached hydrogens (tertiary/aromatic N) is 1. The summed E-state index contributed by atoms with van der Waals surface area (Å²) in [4.78, 5) is 4.34. The topological polar surface area (TPSA) is 12.9 Å². The first-order chi connectivity index (χ1) is 7.08. The number of benzene rings is 1. The van der Waals surface area contributed by atoms with Crippen molar-refractivity contribution >= 4 is 28.1 Å². The third-order valence-corrected chi connectivity index (χ3v) is 2.67. The van der Waals surface area contributed by atoms with E-state index in [1.807, 2.05) is 25.1 Å². The fourth-order valence-electron chi connectivity index (χ4n) is 1.57. The Labute approximate surface area is 94.4 Å². The lowest BCUT2D eigenvalue weighted by atomic mass is 10.1. The van der Waals surface area contributed by atoms with Crippen LogP contribution in [0.25, 0.3) is 16.5 Å². The van der Waals surface area contributed by atoms with Gasteiger partial charge in [-0.15, -0.1) is 0 Å². The van der Waals surface area contributed by atoms with Crippen molar-refractivity contribution in [2.24, 2.45) is 0 Å². The number of hydrogen-bond donors (Lipinski definition) is 0. The fourth-order valence-corrected chi connectivity index (χ4v) is 1.88. The van der Waals surface area contributed by atoms with Crippen molar-refractivity contribution in [2.45, 2.75) is 13.8 Å². The minimum Gasteiger partial charge on any atom is -0.235 e.